The Morgan fingerprint density at radius 2 is 2.30 bits per heavy atom. The third-order valence-electron chi connectivity index (χ3n) is 0.511. The standard InChI is InChI=1S/C3H3N3O.CH2O2/c7-3-1-2-4-6-5-3;2-1-3/h1-2H,(H,4,5,7);1H,(H,2,3). The highest BCUT2D eigenvalue weighted by molar-refractivity contribution is 5.32. The summed E-state index contributed by atoms with van der Waals surface area (Å²) in [5, 5.41) is 15.5. The van der Waals surface area contributed by atoms with Crippen molar-refractivity contribution in [2.75, 3.05) is 0 Å². The first-order valence-corrected chi connectivity index (χ1v) is 2.25. The molecule has 10 heavy (non-hydrogen) atoms. The van der Waals surface area contributed by atoms with E-state index in [0.717, 1.165) is 0 Å². The van der Waals surface area contributed by atoms with Crippen LogP contribution >= 0.6 is 0 Å². The predicted octanol–water partition coefficient (Wildman–Crippen LogP) is -1.13. The second-order valence-corrected chi connectivity index (χ2v) is 1.11. The third kappa shape index (κ3) is 4.44. The van der Waals surface area contributed by atoms with Crippen molar-refractivity contribution >= 4 is 6.47 Å². The van der Waals surface area contributed by atoms with Crippen LogP contribution in [0.1, 0.15) is 0 Å². The van der Waals surface area contributed by atoms with Gasteiger partial charge in [-0.1, -0.05) is 5.21 Å². The average Bonchev–Trinajstić information content (AvgIpc) is 1.91. The molecule has 0 atom stereocenters. The molecule has 2 N–H and O–H groups in total. The Balaban J connectivity index is 0.000000236. The smallest absolute Gasteiger partial charge is 0.290 e. The fraction of sp³-hybridized carbons (Fsp3) is 0. The van der Waals surface area contributed by atoms with Gasteiger partial charge in [0.15, 0.2) is 0 Å². The van der Waals surface area contributed by atoms with Crippen LogP contribution in [0.5, 0.6) is 0 Å². The lowest BCUT2D eigenvalue weighted by molar-refractivity contribution is -0.122. The van der Waals surface area contributed by atoms with Gasteiger partial charge in [-0.2, -0.15) is 0 Å². The Bertz CT molecular complexity index is 216. The van der Waals surface area contributed by atoms with Crippen LogP contribution < -0.4 is 5.56 Å². The number of aromatic amines is 1. The van der Waals surface area contributed by atoms with E-state index < -0.39 is 0 Å². The lowest BCUT2D eigenvalue weighted by atomic mass is 10.7. The molecule has 0 aliphatic carbocycles. The van der Waals surface area contributed by atoms with Gasteiger partial charge in [0.25, 0.3) is 12.0 Å². The van der Waals surface area contributed by atoms with E-state index in [2.05, 4.69) is 15.4 Å². The number of aromatic nitrogens is 3. The van der Waals surface area contributed by atoms with E-state index in [9.17, 15) is 4.79 Å². The molecular formula is C4H5N3O3. The number of hydrogen-bond acceptors (Lipinski definition) is 4. The maximum absolute atomic E-state index is 10.1. The summed E-state index contributed by atoms with van der Waals surface area (Å²) in [6.07, 6.45) is 1.33. The highest BCUT2D eigenvalue weighted by atomic mass is 16.3. The minimum Gasteiger partial charge on any atom is -0.483 e. The van der Waals surface area contributed by atoms with Crippen molar-refractivity contribution in [3.8, 4) is 0 Å². The molecule has 6 nitrogen and oxygen atoms in total. The van der Waals surface area contributed by atoms with Gasteiger partial charge in [0, 0.05) is 6.07 Å². The molecular weight excluding hydrogens is 138 g/mol. The Hall–Kier alpha value is -1.72. The molecule has 0 fully saturated rings. The first-order valence-electron chi connectivity index (χ1n) is 2.25. The van der Waals surface area contributed by atoms with Crippen LogP contribution in [0.2, 0.25) is 0 Å². The van der Waals surface area contributed by atoms with Gasteiger partial charge >= 0.3 is 0 Å². The molecule has 1 aromatic heterocycles. The van der Waals surface area contributed by atoms with Crippen molar-refractivity contribution < 1.29 is 9.90 Å². The minimum atomic E-state index is -0.250. The molecule has 1 aromatic rings. The highest BCUT2D eigenvalue weighted by Crippen LogP contribution is 1.52. The van der Waals surface area contributed by atoms with Gasteiger partial charge in [0.05, 0.1) is 6.20 Å². The summed E-state index contributed by atoms with van der Waals surface area (Å²) in [5.41, 5.74) is -0.227. The number of carbonyl (C=O) groups is 1. The van der Waals surface area contributed by atoms with Crippen LogP contribution in [-0.4, -0.2) is 27.0 Å². The largest absolute Gasteiger partial charge is 0.483 e. The molecule has 0 radical (unpaired) electrons. The molecule has 0 unspecified atom stereocenters. The maximum Gasteiger partial charge on any atom is 0.290 e. The van der Waals surface area contributed by atoms with Gasteiger partial charge in [0.2, 0.25) is 0 Å². The third-order valence-corrected chi connectivity index (χ3v) is 0.511. The molecule has 0 aliphatic heterocycles. The van der Waals surface area contributed by atoms with Crippen molar-refractivity contribution in [1.29, 1.82) is 0 Å². The lowest BCUT2D eigenvalue weighted by Gasteiger charge is -1.71. The minimum absolute atomic E-state index is 0.227. The van der Waals surface area contributed by atoms with E-state index in [-0.39, 0.29) is 12.0 Å². The van der Waals surface area contributed by atoms with Gasteiger partial charge in [-0.05, 0) is 0 Å². The van der Waals surface area contributed by atoms with Crippen molar-refractivity contribution in [3.63, 3.8) is 0 Å². The van der Waals surface area contributed by atoms with E-state index in [1.165, 1.54) is 12.3 Å². The Morgan fingerprint density at radius 1 is 1.70 bits per heavy atom. The maximum atomic E-state index is 10.1. The molecule has 0 saturated carbocycles. The quantitative estimate of drug-likeness (QED) is 0.448. The zero-order chi connectivity index (χ0) is 7.82. The van der Waals surface area contributed by atoms with Crippen LogP contribution in [0.4, 0.5) is 0 Å². The summed E-state index contributed by atoms with van der Waals surface area (Å²) in [6.45, 7) is -0.250. The molecule has 0 amide bonds. The fourth-order valence-electron chi connectivity index (χ4n) is 0.250. The first kappa shape index (κ1) is 8.28. The number of carboxylic acid groups (broad SMARTS) is 1. The van der Waals surface area contributed by atoms with Crippen LogP contribution in [-0.2, 0) is 4.79 Å². The molecule has 54 valence electrons. The SMILES string of the molecule is O=CO.O=c1ccnn[nH]1. The Morgan fingerprint density at radius 3 is 2.50 bits per heavy atom. The van der Waals surface area contributed by atoms with E-state index in [0.29, 0.717) is 0 Å². The monoisotopic (exact) mass is 143 g/mol. The number of nitrogens with one attached hydrogen (secondary N) is 1. The Labute approximate surface area is 55.5 Å². The fourth-order valence-corrected chi connectivity index (χ4v) is 0.250. The summed E-state index contributed by atoms with van der Waals surface area (Å²) in [7, 11) is 0. The number of H-pyrrole nitrogens is 1. The number of rotatable bonds is 0. The molecule has 1 heterocycles. The first-order chi connectivity index (χ1) is 4.81. The van der Waals surface area contributed by atoms with Crippen LogP contribution in [0, 0.1) is 0 Å². The predicted molar refractivity (Wildman–Crippen MR) is 31.3 cm³/mol. The van der Waals surface area contributed by atoms with Gasteiger partial charge in [-0.15, -0.1) is 5.10 Å². The van der Waals surface area contributed by atoms with E-state index in [1.54, 1.807) is 0 Å². The van der Waals surface area contributed by atoms with Crippen molar-refractivity contribution in [1.82, 2.24) is 15.4 Å². The molecule has 0 spiro atoms. The van der Waals surface area contributed by atoms with Crippen LogP contribution in [0.15, 0.2) is 17.1 Å². The second-order valence-electron chi connectivity index (χ2n) is 1.11. The van der Waals surface area contributed by atoms with Crippen molar-refractivity contribution in [2.45, 2.75) is 0 Å². The van der Waals surface area contributed by atoms with Crippen molar-refractivity contribution in [3.05, 3.63) is 22.6 Å². The van der Waals surface area contributed by atoms with Gasteiger partial charge in [-0.3, -0.25) is 9.59 Å². The van der Waals surface area contributed by atoms with E-state index in [1.807, 2.05) is 0 Å². The highest BCUT2D eigenvalue weighted by Gasteiger charge is 1.71. The molecule has 6 heteroatoms. The van der Waals surface area contributed by atoms with Crippen molar-refractivity contribution in [2.24, 2.45) is 0 Å². The zero-order valence-corrected chi connectivity index (χ0v) is 4.89. The van der Waals surface area contributed by atoms with Gasteiger partial charge < -0.3 is 5.11 Å². The topological polar surface area (TPSA) is 95.9 Å². The molecule has 0 aliphatic rings. The van der Waals surface area contributed by atoms with E-state index in [4.69, 9.17) is 9.90 Å². The number of hydrogen-bond donors (Lipinski definition) is 2. The number of nitrogens with zero attached hydrogens (tertiary/aromatic N) is 2. The second kappa shape index (κ2) is 5.42. The summed E-state index contributed by atoms with van der Waals surface area (Å²) >= 11 is 0. The summed E-state index contributed by atoms with van der Waals surface area (Å²) in [5.74, 6) is 0. The van der Waals surface area contributed by atoms with Crippen LogP contribution in [0.3, 0.4) is 0 Å². The zero-order valence-electron chi connectivity index (χ0n) is 4.89. The average molecular weight is 143 g/mol. The normalized spacial score (nSPS) is 7.20. The summed E-state index contributed by atoms with van der Waals surface area (Å²) in [4.78, 5) is 18.5. The molecule has 0 bridgehead atoms. The lowest BCUT2D eigenvalue weighted by Crippen LogP contribution is -2.05. The summed E-state index contributed by atoms with van der Waals surface area (Å²) < 4.78 is 0. The van der Waals surface area contributed by atoms with Crippen LogP contribution in [0.25, 0.3) is 0 Å². The summed E-state index contributed by atoms with van der Waals surface area (Å²) in [6, 6.07) is 1.30. The van der Waals surface area contributed by atoms with Gasteiger partial charge in [-0.25, -0.2) is 5.10 Å². The molecule has 0 saturated heterocycles. The molecule has 0 aromatic carbocycles. The van der Waals surface area contributed by atoms with E-state index >= 15 is 0 Å². The molecule has 1 rings (SSSR count). The van der Waals surface area contributed by atoms with Gasteiger partial charge in [0.1, 0.15) is 0 Å². The Kier molecular flexibility index (Phi) is 4.49.